The van der Waals surface area contributed by atoms with Crippen LogP contribution in [0.1, 0.15) is 58.8 Å². The Labute approximate surface area is 127 Å². The van der Waals surface area contributed by atoms with E-state index < -0.39 is 5.54 Å². The summed E-state index contributed by atoms with van der Waals surface area (Å²) >= 11 is 2.04. The van der Waals surface area contributed by atoms with Crippen LogP contribution in [0, 0.1) is 11.8 Å². The molecule has 3 nitrogen and oxygen atoms in total. The Kier molecular flexibility index (Phi) is 5.79. The quantitative estimate of drug-likeness (QED) is 0.644. The zero-order valence-electron chi connectivity index (χ0n) is 13.0. The normalized spacial score (nSPS) is 31.4. The molecule has 3 atom stereocenters. The highest BCUT2D eigenvalue weighted by atomic mass is 32.2. The molecule has 0 aliphatic heterocycles. The number of hydrogen-bond donors (Lipinski definition) is 2. The number of primary amides is 1. The molecule has 0 saturated heterocycles. The zero-order chi connectivity index (χ0) is 14.6. The Bertz CT molecular complexity index is 332. The Morgan fingerprint density at radius 1 is 1.45 bits per heavy atom. The molecule has 2 aliphatic rings. The molecule has 0 radical (unpaired) electrons. The summed E-state index contributed by atoms with van der Waals surface area (Å²) in [7, 11) is 0. The summed E-state index contributed by atoms with van der Waals surface area (Å²) in [5, 5.41) is 3.59. The van der Waals surface area contributed by atoms with Crippen LogP contribution in [0.4, 0.5) is 0 Å². The van der Waals surface area contributed by atoms with Gasteiger partial charge in [-0.2, -0.15) is 11.8 Å². The van der Waals surface area contributed by atoms with Crippen molar-refractivity contribution < 1.29 is 4.79 Å². The molecule has 0 spiro atoms. The van der Waals surface area contributed by atoms with Crippen molar-refractivity contribution in [3.63, 3.8) is 0 Å². The second-order valence-electron chi connectivity index (χ2n) is 6.72. The zero-order valence-corrected chi connectivity index (χ0v) is 13.8. The summed E-state index contributed by atoms with van der Waals surface area (Å²) in [6.45, 7) is 4.56. The standard InChI is InChI=1S/C16H30N2OS/c1-3-12(2)11-20-10-8-13-5-4-9-16(13,15(17)19)18-14-6-7-14/h12-14,18H,3-11H2,1-2H3,(H2,17,19). The maximum Gasteiger partial charge on any atom is 0.238 e. The van der Waals surface area contributed by atoms with Crippen molar-refractivity contribution in [3.8, 4) is 0 Å². The molecule has 0 aromatic rings. The molecule has 1 amide bonds. The van der Waals surface area contributed by atoms with Crippen LogP contribution in [0.25, 0.3) is 0 Å². The molecule has 3 unspecified atom stereocenters. The Morgan fingerprint density at radius 2 is 2.20 bits per heavy atom. The lowest BCUT2D eigenvalue weighted by atomic mass is 9.84. The van der Waals surface area contributed by atoms with Crippen molar-refractivity contribution in [2.75, 3.05) is 11.5 Å². The van der Waals surface area contributed by atoms with Crippen LogP contribution in [0.3, 0.4) is 0 Å². The van der Waals surface area contributed by atoms with Crippen molar-refractivity contribution in [1.29, 1.82) is 0 Å². The average Bonchev–Trinajstić information content (AvgIpc) is 3.14. The molecule has 2 rings (SSSR count). The van der Waals surface area contributed by atoms with Gasteiger partial charge in [0, 0.05) is 6.04 Å². The van der Waals surface area contributed by atoms with Crippen molar-refractivity contribution in [1.82, 2.24) is 5.32 Å². The number of hydrogen-bond acceptors (Lipinski definition) is 3. The van der Waals surface area contributed by atoms with E-state index in [-0.39, 0.29) is 5.91 Å². The average molecular weight is 298 g/mol. The van der Waals surface area contributed by atoms with Crippen LogP contribution in [0.5, 0.6) is 0 Å². The predicted octanol–water partition coefficient (Wildman–Crippen LogP) is 2.93. The van der Waals surface area contributed by atoms with Crippen LogP contribution in [-0.2, 0) is 4.79 Å². The fraction of sp³-hybridized carbons (Fsp3) is 0.938. The lowest BCUT2D eigenvalue weighted by molar-refractivity contribution is -0.126. The number of rotatable bonds is 9. The van der Waals surface area contributed by atoms with Gasteiger partial charge in [0.25, 0.3) is 0 Å². The number of nitrogens with one attached hydrogen (secondary N) is 1. The largest absolute Gasteiger partial charge is 0.368 e. The van der Waals surface area contributed by atoms with Gasteiger partial charge in [0.1, 0.15) is 5.54 Å². The van der Waals surface area contributed by atoms with E-state index in [2.05, 4.69) is 19.2 Å². The summed E-state index contributed by atoms with van der Waals surface area (Å²) in [5.41, 5.74) is 5.37. The van der Waals surface area contributed by atoms with Crippen LogP contribution < -0.4 is 11.1 Å². The number of carbonyl (C=O) groups is 1. The van der Waals surface area contributed by atoms with Crippen LogP contribution in [-0.4, -0.2) is 29.0 Å². The smallest absolute Gasteiger partial charge is 0.238 e. The third-order valence-electron chi connectivity index (χ3n) is 5.01. The number of thioether (sulfide) groups is 1. The van der Waals surface area contributed by atoms with E-state index in [1.54, 1.807) is 0 Å². The van der Waals surface area contributed by atoms with E-state index in [0.29, 0.717) is 12.0 Å². The predicted molar refractivity (Wildman–Crippen MR) is 86.8 cm³/mol. The van der Waals surface area contributed by atoms with Gasteiger partial charge < -0.3 is 11.1 Å². The Hall–Kier alpha value is -0.220. The van der Waals surface area contributed by atoms with Crippen LogP contribution in [0.2, 0.25) is 0 Å². The first kappa shape index (κ1) is 16.2. The molecular weight excluding hydrogens is 268 g/mol. The molecule has 0 heterocycles. The maximum absolute atomic E-state index is 12.0. The highest BCUT2D eigenvalue weighted by Crippen LogP contribution is 2.41. The van der Waals surface area contributed by atoms with Gasteiger partial charge in [-0.25, -0.2) is 0 Å². The van der Waals surface area contributed by atoms with E-state index in [9.17, 15) is 4.79 Å². The van der Waals surface area contributed by atoms with Crippen molar-refractivity contribution >= 4 is 17.7 Å². The Balaban J connectivity index is 1.83. The SMILES string of the molecule is CCC(C)CSCCC1CCCC1(NC1CC1)C(N)=O. The molecule has 0 aromatic heterocycles. The van der Waals surface area contributed by atoms with Gasteiger partial charge in [-0.1, -0.05) is 26.7 Å². The van der Waals surface area contributed by atoms with Gasteiger partial charge in [-0.3, -0.25) is 4.79 Å². The minimum absolute atomic E-state index is 0.112. The summed E-state index contributed by atoms with van der Waals surface area (Å²) in [5.74, 6) is 3.54. The third-order valence-corrected chi connectivity index (χ3v) is 6.34. The van der Waals surface area contributed by atoms with Crippen molar-refractivity contribution in [3.05, 3.63) is 0 Å². The summed E-state index contributed by atoms with van der Waals surface area (Å²) in [6, 6.07) is 0.552. The molecule has 4 heteroatoms. The van der Waals surface area contributed by atoms with Crippen molar-refractivity contribution in [2.45, 2.75) is 70.4 Å². The topological polar surface area (TPSA) is 55.1 Å². The van der Waals surface area contributed by atoms with E-state index in [1.165, 1.54) is 25.0 Å². The third kappa shape index (κ3) is 3.91. The minimum Gasteiger partial charge on any atom is -0.368 e. The number of carbonyl (C=O) groups excluding carboxylic acids is 1. The second kappa shape index (κ2) is 7.17. The summed E-state index contributed by atoms with van der Waals surface area (Å²) in [6.07, 6.45) is 8.05. The molecule has 116 valence electrons. The first-order valence-electron chi connectivity index (χ1n) is 8.24. The van der Waals surface area contributed by atoms with Gasteiger partial charge in [-0.05, 0) is 55.4 Å². The molecule has 2 saturated carbocycles. The van der Waals surface area contributed by atoms with Gasteiger partial charge in [0.05, 0.1) is 0 Å². The van der Waals surface area contributed by atoms with E-state index >= 15 is 0 Å². The van der Waals surface area contributed by atoms with Crippen LogP contribution in [0.15, 0.2) is 0 Å². The van der Waals surface area contributed by atoms with Gasteiger partial charge >= 0.3 is 0 Å². The number of nitrogens with two attached hydrogens (primary N) is 1. The molecule has 3 N–H and O–H groups in total. The van der Waals surface area contributed by atoms with E-state index in [1.807, 2.05) is 11.8 Å². The molecule has 2 fully saturated rings. The highest BCUT2D eigenvalue weighted by molar-refractivity contribution is 7.99. The van der Waals surface area contributed by atoms with E-state index in [0.717, 1.165) is 37.4 Å². The van der Waals surface area contributed by atoms with E-state index in [4.69, 9.17) is 5.73 Å². The molecule has 2 aliphatic carbocycles. The maximum atomic E-state index is 12.0. The van der Waals surface area contributed by atoms with Crippen molar-refractivity contribution in [2.24, 2.45) is 17.6 Å². The number of amides is 1. The fourth-order valence-electron chi connectivity index (χ4n) is 3.27. The van der Waals surface area contributed by atoms with Gasteiger partial charge in [-0.15, -0.1) is 0 Å². The van der Waals surface area contributed by atoms with Crippen LogP contribution >= 0.6 is 11.8 Å². The molecule has 0 bridgehead atoms. The second-order valence-corrected chi connectivity index (χ2v) is 7.87. The van der Waals surface area contributed by atoms with Gasteiger partial charge in [0.2, 0.25) is 5.91 Å². The molecule has 0 aromatic carbocycles. The molecular formula is C16H30N2OS. The summed E-state index contributed by atoms with van der Waals surface area (Å²) < 4.78 is 0. The minimum atomic E-state index is -0.391. The molecule has 20 heavy (non-hydrogen) atoms. The fourth-order valence-corrected chi connectivity index (χ4v) is 4.53. The lowest BCUT2D eigenvalue weighted by Gasteiger charge is -2.34. The first-order chi connectivity index (χ1) is 9.58. The monoisotopic (exact) mass is 298 g/mol. The summed E-state index contributed by atoms with van der Waals surface area (Å²) in [4.78, 5) is 12.0. The first-order valence-corrected chi connectivity index (χ1v) is 9.39. The Morgan fingerprint density at radius 3 is 2.80 bits per heavy atom. The highest BCUT2D eigenvalue weighted by Gasteiger charge is 2.49. The van der Waals surface area contributed by atoms with Gasteiger partial charge in [0.15, 0.2) is 0 Å². The lowest BCUT2D eigenvalue weighted by Crippen LogP contribution is -2.58.